The Morgan fingerprint density at radius 1 is 1.21 bits per heavy atom. The Kier molecular flexibility index (Phi) is 4.74. The van der Waals surface area contributed by atoms with E-state index in [1.165, 1.54) is 0 Å². The van der Waals surface area contributed by atoms with Crippen LogP contribution in [0.4, 0.5) is 5.82 Å². The maximum atomic E-state index is 5.82. The van der Waals surface area contributed by atoms with Gasteiger partial charge in [0.05, 0.1) is 5.52 Å². The smallest absolute Gasteiger partial charge is 0.137 e. The van der Waals surface area contributed by atoms with E-state index < -0.39 is 0 Å². The van der Waals surface area contributed by atoms with Gasteiger partial charge in [-0.2, -0.15) is 0 Å². The van der Waals surface area contributed by atoms with Crippen molar-refractivity contribution in [1.29, 1.82) is 0 Å². The summed E-state index contributed by atoms with van der Waals surface area (Å²) >= 11 is 0. The molecule has 0 spiro atoms. The quantitative estimate of drug-likeness (QED) is 0.786. The lowest BCUT2D eigenvalue weighted by Crippen LogP contribution is -2.28. The molecule has 2 radical (unpaired) electrons. The fourth-order valence-electron chi connectivity index (χ4n) is 2.09. The topological polar surface area (TPSA) is 41.1 Å². The van der Waals surface area contributed by atoms with Gasteiger partial charge in [-0.3, -0.25) is 0 Å². The first-order chi connectivity index (χ1) is 9.24. The first-order valence-electron chi connectivity index (χ1n) is 6.71. The zero-order valence-corrected chi connectivity index (χ0v) is 11.6. The third-order valence-electron chi connectivity index (χ3n) is 3.27. The highest BCUT2D eigenvalue weighted by molar-refractivity contribution is 6.33. The minimum atomic E-state index is 0.731. The number of fused-ring (bicyclic) bond motifs is 1. The van der Waals surface area contributed by atoms with Gasteiger partial charge < -0.3 is 10.2 Å². The minimum Gasteiger partial charge on any atom is -0.368 e. The monoisotopic (exact) mass is 254 g/mol. The molecule has 1 heterocycles. The van der Waals surface area contributed by atoms with Crippen molar-refractivity contribution >= 4 is 30.0 Å². The summed E-state index contributed by atoms with van der Waals surface area (Å²) in [4.78, 5) is 10.9. The first kappa shape index (κ1) is 13.8. The molecule has 98 valence electrons. The maximum absolute atomic E-state index is 5.82. The number of rotatable bonds is 6. The number of aromatic nitrogens is 2. The molecular formula is C14H19BN4. The van der Waals surface area contributed by atoms with Gasteiger partial charge in [-0.1, -0.05) is 31.4 Å². The summed E-state index contributed by atoms with van der Waals surface area (Å²) in [5.41, 5.74) is 1.64. The van der Waals surface area contributed by atoms with Crippen molar-refractivity contribution < 1.29 is 0 Å². The first-order valence-corrected chi connectivity index (χ1v) is 6.71. The van der Waals surface area contributed by atoms with Gasteiger partial charge >= 0.3 is 0 Å². The van der Waals surface area contributed by atoms with Crippen LogP contribution in [0.1, 0.15) is 13.8 Å². The third-order valence-corrected chi connectivity index (χ3v) is 3.27. The zero-order valence-electron chi connectivity index (χ0n) is 11.6. The lowest BCUT2D eigenvalue weighted by Gasteiger charge is -2.18. The second kappa shape index (κ2) is 6.52. The van der Waals surface area contributed by atoms with Crippen LogP contribution in [-0.4, -0.2) is 48.9 Å². The van der Waals surface area contributed by atoms with Crippen LogP contribution in [0.25, 0.3) is 10.9 Å². The van der Waals surface area contributed by atoms with Crippen LogP contribution in [0, 0.1) is 0 Å². The Bertz CT molecular complexity index is 540. The van der Waals surface area contributed by atoms with E-state index in [4.69, 9.17) is 7.85 Å². The molecule has 2 rings (SSSR count). The number of anilines is 1. The van der Waals surface area contributed by atoms with Crippen LogP contribution in [0.15, 0.2) is 24.5 Å². The normalized spacial score (nSPS) is 11.1. The summed E-state index contributed by atoms with van der Waals surface area (Å²) in [5, 5.41) is 4.34. The van der Waals surface area contributed by atoms with Crippen molar-refractivity contribution in [3.63, 3.8) is 0 Å². The summed E-state index contributed by atoms with van der Waals surface area (Å²) in [5.74, 6) is 0.851. The Morgan fingerprint density at radius 3 is 2.74 bits per heavy atom. The Labute approximate surface area is 115 Å². The summed E-state index contributed by atoms with van der Waals surface area (Å²) in [6.45, 7) is 8.34. The van der Waals surface area contributed by atoms with Crippen molar-refractivity contribution in [1.82, 2.24) is 14.9 Å². The van der Waals surface area contributed by atoms with Crippen molar-refractivity contribution in [3.8, 4) is 0 Å². The lowest BCUT2D eigenvalue weighted by atomic mass is 9.95. The summed E-state index contributed by atoms with van der Waals surface area (Å²) in [6.07, 6.45) is 1.58. The van der Waals surface area contributed by atoms with E-state index in [1.807, 2.05) is 18.2 Å². The number of likely N-dealkylation sites (N-methyl/N-ethyl adjacent to an activating group) is 1. The Balaban J connectivity index is 2.10. The van der Waals surface area contributed by atoms with Crippen LogP contribution < -0.4 is 10.8 Å². The fraction of sp³-hybridized carbons (Fsp3) is 0.429. The SMILES string of the molecule is [B]c1ccc2ncnc(NCCN(CC)CC)c2c1. The molecule has 1 aromatic heterocycles. The van der Waals surface area contributed by atoms with Gasteiger partial charge in [-0.05, 0) is 19.2 Å². The molecule has 0 unspecified atom stereocenters. The molecule has 4 nitrogen and oxygen atoms in total. The molecule has 1 N–H and O–H groups in total. The molecule has 0 amide bonds. The van der Waals surface area contributed by atoms with Crippen molar-refractivity contribution in [2.24, 2.45) is 0 Å². The molecule has 5 heteroatoms. The number of hydrogen-bond donors (Lipinski definition) is 1. The maximum Gasteiger partial charge on any atom is 0.137 e. The third kappa shape index (κ3) is 3.44. The van der Waals surface area contributed by atoms with Crippen molar-refractivity contribution in [2.45, 2.75) is 13.8 Å². The van der Waals surface area contributed by atoms with Crippen LogP contribution in [-0.2, 0) is 0 Å². The average Bonchev–Trinajstić information content (AvgIpc) is 2.44. The average molecular weight is 254 g/mol. The van der Waals surface area contributed by atoms with E-state index in [0.717, 1.165) is 48.4 Å². The van der Waals surface area contributed by atoms with Gasteiger partial charge in [0.2, 0.25) is 0 Å². The highest BCUT2D eigenvalue weighted by Crippen LogP contribution is 2.16. The molecule has 19 heavy (non-hydrogen) atoms. The molecule has 0 aliphatic heterocycles. The summed E-state index contributed by atoms with van der Waals surface area (Å²) in [7, 11) is 5.82. The second-order valence-corrected chi connectivity index (χ2v) is 4.45. The largest absolute Gasteiger partial charge is 0.368 e. The molecule has 0 aliphatic rings. The lowest BCUT2D eigenvalue weighted by molar-refractivity contribution is 0.316. The second-order valence-electron chi connectivity index (χ2n) is 4.45. The molecule has 0 saturated heterocycles. The van der Waals surface area contributed by atoms with Gasteiger partial charge in [-0.25, -0.2) is 9.97 Å². The summed E-state index contributed by atoms with van der Waals surface area (Å²) in [6, 6.07) is 5.69. The van der Waals surface area contributed by atoms with Crippen LogP contribution >= 0.6 is 0 Å². The Morgan fingerprint density at radius 2 is 2.00 bits per heavy atom. The molecular weight excluding hydrogens is 235 g/mol. The molecule has 0 bridgehead atoms. The highest BCUT2D eigenvalue weighted by Gasteiger charge is 2.04. The van der Waals surface area contributed by atoms with E-state index in [0.29, 0.717) is 0 Å². The number of benzene rings is 1. The van der Waals surface area contributed by atoms with E-state index in [2.05, 4.69) is 34.0 Å². The molecule has 0 saturated carbocycles. The van der Waals surface area contributed by atoms with Gasteiger partial charge in [0.1, 0.15) is 20.0 Å². The van der Waals surface area contributed by atoms with E-state index >= 15 is 0 Å². The predicted molar refractivity (Wildman–Crippen MR) is 81.2 cm³/mol. The molecule has 0 aliphatic carbocycles. The van der Waals surface area contributed by atoms with E-state index in [1.54, 1.807) is 6.33 Å². The minimum absolute atomic E-state index is 0.731. The highest BCUT2D eigenvalue weighted by atomic mass is 15.1. The molecule has 0 atom stereocenters. The zero-order chi connectivity index (χ0) is 13.7. The predicted octanol–water partition coefficient (Wildman–Crippen LogP) is 1.18. The van der Waals surface area contributed by atoms with E-state index in [-0.39, 0.29) is 0 Å². The molecule has 1 aromatic carbocycles. The van der Waals surface area contributed by atoms with Gasteiger partial charge in [-0.15, -0.1) is 0 Å². The van der Waals surface area contributed by atoms with Crippen LogP contribution in [0.5, 0.6) is 0 Å². The number of nitrogens with one attached hydrogen (secondary N) is 1. The summed E-state index contributed by atoms with van der Waals surface area (Å²) < 4.78 is 0. The fourth-order valence-corrected chi connectivity index (χ4v) is 2.09. The standard InChI is InChI=1S/C14H19BN4/c1-3-19(4-2)8-7-16-14-12-9-11(15)5-6-13(12)17-10-18-14/h5-6,9-10H,3-4,7-8H2,1-2H3,(H,16,17,18). The Hall–Kier alpha value is -1.62. The van der Waals surface area contributed by atoms with Gasteiger partial charge in [0.25, 0.3) is 0 Å². The van der Waals surface area contributed by atoms with Crippen LogP contribution in [0.3, 0.4) is 0 Å². The van der Waals surface area contributed by atoms with Gasteiger partial charge in [0, 0.05) is 18.5 Å². The van der Waals surface area contributed by atoms with E-state index in [9.17, 15) is 0 Å². The number of hydrogen-bond acceptors (Lipinski definition) is 4. The molecule has 0 fully saturated rings. The van der Waals surface area contributed by atoms with Crippen LogP contribution in [0.2, 0.25) is 0 Å². The van der Waals surface area contributed by atoms with Crippen molar-refractivity contribution in [3.05, 3.63) is 24.5 Å². The molecule has 2 aromatic rings. The number of nitrogens with zero attached hydrogens (tertiary/aromatic N) is 3. The van der Waals surface area contributed by atoms with Gasteiger partial charge in [0.15, 0.2) is 0 Å². The van der Waals surface area contributed by atoms with Crippen molar-refractivity contribution in [2.75, 3.05) is 31.5 Å².